The Balaban J connectivity index is 1.63. The van der Waals surface area contributed by atoms with Crippen LogP contribution < -0.4 is 15.0 Å². The summed E-state index contributed by atoms with van der Waals surface area (Å²) in [5.74, 6) is 0.221. The number of rotatable bonds is 6. The molecule has 2 heterocycles. The zero-order valence-electron chi connectivity index (χ0n) is 21.0. The second-order valence-corrected chi connectivity index (χ2v) is 9.85. The number of methoxy groups -OCH3 is 1. The smallest absolute Gasteiger partial charge is 0.248 e. The number of ether oxygens (including phenoxy) is 1. The number of thioether (sulfide) groups is 1. The first kappa shape index (κ1) is 24.6. The predicted octanol–water partition coefficient (Wildman–Crippen LogP) is 4.99. The van der Waals surface area contributed by atoms with Gasteiger partial charge >= 0.3 is 0 Å². The lowest BCUT2D eigenvalue weighted by Crippen LogP contribution is -2.44. The topological polar surface area (TPSA) is 76.5 Å². The zero-order chi connectivity index (χ0) is 25.9. The number of aryl methyl sites for hydroxylation is 2. The first-order valence-corrected chi connectivity index (χ1v) is 13.0. The molecule has 2 amide bonds. The van der Waals surface area contributed by atoms with E-state index in [0.29, 0.717) is 29.2 Å². The van der Waals surface area contributed by atoms with Gasteiger partial charge in [-0.3, -0.25) is 14.5 Å². The number of nitrogens with zero attached hydrogens (tertiary/aromatic N) is 3. The second kappa shape index (κ2) is 10.5. The number of nitrogens with one attached hydrogen (secondary N) is 1. The van der Waals surface area contributed by atoms with Gasteiger partial charge in [-0.1, -0.05) is 71.9 Å². The van der Waals surface area contributed by atoms with Gasteiger partial charge in [0.15, 0.2) is 0 Å². The number of para-hydroxylation sites is 3. The molecule has 0 saturated heterocycles. The maximum absolute atomic E-state index is 14.0. The number of carbonyl (C=O) groups excluding carboxylic acids is 2. The number of benzene rings is 3. The normalized spacial score (nSPS) is 15.2. The van der Waals surface area contributed by atoms with E-state index >= 15 is 0 Å². The van der Waals surface area contributed by atoms with Crippen LogP contribution in [0.4, 0.5) is 5.69 Å². The highest BCUT2D eigenvalue weighted by Gasteiger charge is 2.41. The quantitative estimate of drug-likeness (QED) is 0.394. The van der Waals surface area contributed by atoms with Gasteiger partial charge in [-0.25, -0.2) is 4.68 Å². The minimum atomic E-state index is -0.920. The molecule has 1 aromatic heterocycles. The molecular formula is C29H28N4O3S. The summed E-state index contributed by atoms with van der Waals surface area (Å²) in [5.41, 5.74) is 4.96. The van der Waals surface area contributed by atoms with Crippen LogP contribution >= 0.6 is 11.8 Å². The largest absolute Gasteiger partial charge is 0.495 e. The van der Waals surface area contributed by atoms with Crippen molar-refractivity contribution in [1.82, 2.24) is 15.1 Å². The van der Waals surface area contributed by atoms with Crippen LogP contribution in [0.3, 0.4) is 0 Å². The maximum Gasteiger partial charge on any atom is 0.248 e. The number of hydrogen-bond donors (Lipinski definition) is 1. The van der Waals surface area contributed by atoms with Crippen LogP contribution in [0.2, 0.25) is 0 Å². The zero-order valence-corrected chi connectivity index (χ0v) is 21.8. The van der Waals surface area contributed by atoms with Crippen molar-refractivity contribution >= 4 is 29.3 Å². The van der Waals surface area contributed by atoms with Crippen molar-refractivity contribution in [3.05, 3.63) is 101 Å². The molecule has 0 fully saturated rings. The van der Waals surface area contributed by atoms with Crippen LogP contribution in [0.15, 0.2) is 83.9 Å². The van der Waals surface area contributed by atoms with Gasteiger partial charge in [-0.05, 0) is 43.7 Å². The highest BCUT2D eigenvalue weighted by molar-refractivity contribution is 8.00. The van der Waals surface area contributed by atoms with Crippen molar-refractivity contribution in [2.45, 2.75) is 31.5 Å². The number of amides is 2. The van der Waals surface area contributed by atoms with Crippen LogP contribution in [0.5, 0.6) is 5.75 Å². The Kier molecular flexibility index (Phi) is 7.01. The molecule has 1 atom stereocenters. The van der Waals surface area contributed by atoms with Crippen LogP contribution in [-0.2, 0) is 16.1 Å². The third-order valence-corrected chi connectivity index (χ3v) is 7.43. The van der Waals surface area contributed by atoms with Crippen molar-refractivity contribution in [1.29, 1.82) is 0 Å². The van der Waals surface area contributed by atoms with Crippen molar-refractivity contribution in [2.24, 2.45) is 0 Å². The van der Waals surface area contributed by atoms with E-state index < -0.39 is 6.04 Å². The standard InChI is InChI=1S/C29H28N4O3S/c1-19-13-15-21(16-14-19)17-30-28(35)27-26-20(2)31-33(22-9-5-4-6-10-22)29(26)37-18-25(34)32(27)23-11-7-8-12-24(23)36-3/h4-16,27H,17-18H2,1-3H3,(H,30,35)/t27-/m0/s1. The minimum Gasteiger partial charge on any atom is -0.495 e. The molecule has 5 rings (SSSR count). The maximum atomic E-state index is 14.0. The molecule has 0 radical (unpaired) electrons. The molecule has 0 saturated carbocycles. The predicted molar refractivity (Wildman–Crippen MR) is 145 cm³/mol. The van der Waals surface area contributed by atoms with Crippen molar-refractivity contribution < 1.29 is 14.3 Å². The summed E-state index contributed by atoms with van der Waals surface area (Å²) in [6.45, 7) is 4.25. The molecule has 8 heteroatoms. The Hall–Kier alpha value is -4.04. The number of hydrogen-bond acceptors (Lipinski definition) is 5. The fourth-order valence-corrected chi connectivity index (χ4v) is 5.61. The number of carbonyl (C=O) groups is 2. The Morgan fingerprint density at radius 1 is 1.03 bits per heavy atom. The molecule has 1 aliphatic rings. The summed E-state index contributed by atoms with van der Waals surface area (Å²) in [7, 11) is 1.56. The van der Waals surface area contributed by atoms with Crippen LogP contribution in [0, 0.1) is 13.8 Å². The molecule has 4 aromatic rings. The summed E-state index contributed by atoms with van der Waals surface area (Å²) in [4.78, 5) is 29.2. The highest BCUT2D eigenvalue weighted by Crippen LogP contribution is 2.43. The van der Waals surface area contributed by atoms with Gasteiger partial charge in [0.1, 0.15) is 16.8 Å². The minimum absolute atomic E-state index is 0.157. The highest BCUT2D eigenvalue weighted by atomic mass is 32.2. The Bertz CT molecular complexity index is 1430. The summed E-state index contributed by atoms with van der Waals surface area (Å²) in [6.07, 6.45) is 0. The van der Waals surface area contributed by atoms with Crippen LogP contribution in [0.1, 0.15) is 28.4 Å². The first-order valence-electron chi connectivity index (χ1n) is 12.0. The van der Waals surface area contributed by atoms with Gasteiger partial charge < -0.3 is 10.1 Å². The first-order chi connectivity index (χ1) is 18.0. The van der Waals surface area contributed by atoms with Crippen molar-refractivity contribution in [3.63, 3.8) is 0 Å². The molecule has 3 aromatic carbocycles. The van der Waals surface area contributed by atoms with Gasteiger partial charge in [-0.15, -0.1) is 0 Å². The molecule has 1 aliphatic heterocycles. The van der Waals surface area contributed by atoms with Crippen LogP contribution in [0.25, 0.3) is 5.69 Å². The van der Waals surface area contributed by atoms with E-state index in [1.165, 1.54) is 11.8 Å². The lowest BCUT2D eigenvalue weighted by molar-refractivity contribution is -0.126. The SMILES string of the molecule is COc1ccccc1N1C(=O)CSc2c(c(C)nn2-c2ccccc2)[C@H]1C(=O)NCc1ccc(C)cc1. The van der Waals surface area contributed by atoms with E-state index in [1.54, 1.807) is 18.1 Å². The van der Waals surface area contributed by atoms with E-state index in [-0.39, 0.29) is 17.6 Å². The summed E-state index contributed by atoms with van der Waals surface area (Å²) in [5, 5.41) is 8.66. The lowest BCUT2D eigenvalue weighted by Gasteiger charge is -2.30. The van der Waals surface area contributed by atoms with E-state index in [1.807, 2.05) is 91.3 Å². The Morgan fingerprint density at radius 2 is 1.73 bits per heavy atom. The molecule has 1 N–H and O–H groups in total. The molecule has 7 nitrogen and oxygen atoms in total. The fraction of sp³-hybridized carbons (Fsp3) is 0.207. The van der Waals surface area contributed by atoms with E-state index in [2.05, 4.69) is 5.32 Å². The summed E-state index contributed by atoms with van der Waals surface area (Å²) < 4.78 is 7.42. The third kappa shape index (κ3) is 4.84. The molecule has 0 spiro atoms. The van der Waals surface area contributed by atoms with Gasteiger partial charge in [-0.2, -0.15) is 5.10 Å². The lowest BCUT2D eigenvalue weighted by atomic mass is 10.0. The number of aromatic nitrogens is 2. The molecule has 0 unspecified atom stereocenters. The monoisotopic (exact) mass is 512 g/mol. The fourth-order valence-electron chi connectivity index (χ4n) is 4.53. The number of fused-ring (bicyclic) bond motifs is 1. The molecule has 0 bridgehead atoms. The summed E-state index contributed by atoms with van der Waals surface area (Å²) in [6, 6.07) is 24.1. The van der Waals surface area contributed by atoms with Crippen molar-refractivity contribution in [2.75, 3.05) is 17.8 Å². The van der Waals surface area contributed by atoms with Gasteiger partial charge in [0.25, 0.3) is 0 Å². The van der Waals surface area contributed by atoms with Crippen molar-refractivity contribution in [3.8, 4) is 11.4 Å². The third-order valence-electron chi connectivity index (χ3n) is 6.38. The molecular weight excluding hydrogens is 484 g/mol. The Morgan fingerprint density at radius 3 is 2.46 bits per heavy atom. The van der Waals surface area contributed by atoms with E-state index in [4.69, 9.17) is 9.84 Å². The second-order valence-electron chi connectivity index (χ2n) is 8.88. The Labute approximate surface area is 220 Å². The number of anilines is 1. The average Bonchev–Trinajstić information content (AvgIpc) is 3.16. The van der Waals surface area contributed by atoms with E-state index in [0.717, 1.165) is 21.8 Å². The van der Waals surface area contributed by atoms with Gasteiger partial charge in [0.05, 0.1) is 29.9 Å². The van der Waals surface area contributed by atoms with Crippen LogP contribution in [-0.4, -0.2) is 34.5 Å². The molecule has 0 aliphatic carbocycles. The molecule has 188 valence electrons. The van der Waals surface area contributed by atoms with Gasteiger partial charge in [0.2, 0.25) is 11.8 Å². The van der Waals surface area contributed by atoms with Gasteiger partial charge in [0, 0.05) is 12.1 Å². The van der Waals surface area contributed by atoms with E-state index in [9.17, 15) is 9.59 Å². The summed E-state index contributed by atoms with van der Waals surface area (Å²) >= 11 is 1.40. The average molecular weight is 513 g/mol. The molecule has 37 heavy (non-hydrogen) atoms.